The lowest BCUT2D eigenvalue weighted by molar-refractivity contribution is 0.101. The van der Waals surface area contributed by atoms with Gasteiger partial charge in [-0.3, -0.25) is 9.89 Å². The summed E-state index contributed by atoms with van der Waals surface area (Å²) in [5, 5.41) is 18.3. The molecule has 7 heteroatoms. The number of nitrogens with one attached hydrogen (secondary N) is 2. The Balaban J connectivity index is 2.11. The van der Waals surface area contributed by atoms with E-state index in [1.807, 2.05) is 13.0 Å². The molecule has 0 fully saturated rings. The van der Waals surface area contributed by atoms with E-state index in [2.05, 4.69) is 20.5 Å². The van der Waals surface area contributed by atoms with Crippen LogP contribution in [-0.2, 0) is 6.42 Å². The second kappa shape index (κ2) is 6.17. The van der Waals surface area contributed by atoms with Gasteiger partial charge in [0.1, 0.15) is 11.9 Å². The molecular weight excluding hydrogens is 278 g/mol. The number of aromatic nitrogens is 3. The SMILES string of the molecule is CCCc1nc(C(=O)Nc2ccc(C#N)c(Cl)c2)n[nH]1. The van der Waals surface area contributed by atoms with E-state index in [0.717, 1.165) is 12.8 Å². The number of aryl methyl sites for hydroxylation is 1. The van der Waals surface area contributed by atoms with Crippen LogP contribution in [0.4, 0.5) is 5.69 Å². The first-order valence-electron chi connectivity index (χ1n) is 6.06. The minimum absolute atomic E-state index is 0.0777. The van der Waals surface area contributed by atoms with Gasteiger partial charge in [0.25, 0.3) is 5.91 Å². The van der Waals surface area contributed by atoms with Crippen molar-refractivity contribution in [1.82, 2.24) is 15.2 Å². The summed E-state index contributed by atoms with van der Waals surface area (Å²) in [6.45, 7) is 2.01. The number of halogens is 1. The van der Waals surface area contributed by atoms with E-state index in [1.54, 1.807) is 12.1 Å². The van der Waals surface area contributed by atoms with Crippen molar-refractivity contribution in [3.05, 3.63) is 40.4 Å². The maximum atomic E-state index is 11.9. The van der Waals surface area contributed by atoms with Gasteiger partial charge in [-0.25, -0.2) is 4.98 Å². The Morgan fingerprint density at radius 1 is 1.55 bits per heavy atom. The molecule has 0 saturated heterocycles. The molecule has 2 N–H and O–H groups in total. The van der Waals surface area contributed by atoms with Crippen LogP contribution in [0.15, 0.2) is 18.2 Å². The summed E-state index contributed by atoms with van der Waals surface area (Å²) in [6, 6.07) is 6.60. The standard InChI is InChI=1S/C13H12ClN5O/c1-2-3-11-17-12(19-18-11)13(20)16-9-5-4-8(7-15)10(14)6-9/h4-6H,2-3H2,1H3,(H,16,20)(H,17,18,19). The highest BCUT2D eigenvalue weighted by molar-refractivity contribution is 6.32. The molecule has 1 aromatic carbocycles. The molecule has 0 bridgehead atoms. The number of carbonyl (C=O) groups is 1. The molecule has 2 aromatic rings. The maximum absolute atomic E-state index is 11.9. The fourth-order valence-corrected chi connectivity index (χ4v) is 1.84. The smallest absolute Gasteiger partial charge is 0.295 e. The summed E-state index contributed by atoms with van der Waals surface area (Å²) < 4.78 is 0. The molecule has 0 aliphatic carbocycles. The van der Waals surface area contributed by atoms with Gasteiger partial charge in [-0.05, 0) is 24.6 Å². The van der Waals surface area contributed by atoms with Crippen molar-refractivity contribution in [3.8, 4) is 6.07 Å². The minimum Gasteiger partial charge on any atom is -0.319 e. The number of rotatable bonds is 4. The third-order valence-corrected chi connectivity index (χ3v) is 2.88. The monoisotopic (exact) mass is 289 g/mol. The van der Waals surface area contributed by atoms with Crippen LogP contribution in [0, 0.1) is 11.3 Å². The summed E-state index contributed by atoms with van der Waals surface area (Å²) in [5.74, 6) is 0.328. The van der Waals surface area contributed by atoms with Crippen LogP contribution in [0.1, 0.15) is 35.4 Å². The Bertz CT molecular complexity index is 674. The lowest BCUT2D eigenvalue weighted by atomic mass is 10.2. The second-order valence-corrected chi connectivity index (χ2v) is 4.52. The van der Waals surface area contributed by atoms with E-state index in [-0.39, 0.29) is 10.8 Å². The summed E-state index contributed by atoms with van der Waals surface area (Å²) in [6.07, 6.45) is 1.66. The Kier molecular flexibility index (Phi) is 4.33. The van der Waals surface area contributed by atoms with Gasteiger partial charge in [-0.2, -0.15) is 5.26 Å². The van der Waals surface area contributed by atoms with E-state index in [0.29, 0.717) is 17.1 Å². The summed E-state index contributed by atoms with van der Waals surface area (Å²) in [5.41, 5.74) is 0.841. The van der Waals surface area contributed by atoms with Crippen LogP contribution in [0.5, 0.6) is 0 Å². The average Bonchev–Trinajstić information content (AvgIpc) is 2.88. The quantitative estimate of drug-likeness (QED) is 0.904. The number of aromatic amines is 1. The molecule has 102 valence electrons. The molecule has 0 atom stereocenters. The van der Waals surface area contributed by atoms with Crippen molar-refractivity contribution in [3.63, 3.8) is 0 Å². The number of amides is 1. The zero-order valence-electron chi connectivity index (χ0n) is 10.8. The van der Waals surface area contributed by atoms with Crippen molar-refractivity contribution < 1.29 is 4.79 Å². The van der Waals surface area contributed by atoms with E-state index < -0.39 is 5.91 Å². The van der Waals surface area contributed by atoms with Crippen LogP contribution < -0.4 is 5.32 Å². The first-order valence-corrected chi connectivity index (χ1v) is 6.44. The van der Waals surface area contributed by atoms with Gasteiger partial charge in [-0.1, -0.05) is 18.5 Å². The van der Waals surface area contributed by atoms with Gasteiger partial charge in [0, 0.05) is 12.1 Å². The van der Waals surface area contributed by atoms with Crippen LogP contribution in [0.3, 0.4) is 0 Å². The van der Waals surface area contributed by atoms with Gasteiger partial charge < -0.3 is 5.32 Å². The topological polar surface area (TPSA) is 94.5 Å². The zero-order chi connectivity index (χ0) is 14.5. The van der Waals surface area contributed by atoms with Crippen molar-refractivity contribution in [2.24, 2.45) is 0 Å². The highest BCUT2D eigenvalue weighted by atomic mass is 35.5. The van der Waals surface area contributed by atoms with E-state index >= 15 is 0 Å². The molecule has 1 aromatic heterocycles. The van der Waals surface area contributed by atoms with Crippen molar-refractivity contribution in [2.75, 3.05) is 5.32 Å². The summed E-state index contributed by atoms with van der Waals surface area (Å²) in [7, 11) is 0. The van der Waals surface area contributed by atoms with Gasteiger partial charge in [0.2, 0.25) is 5.82 Å². The number of H-pyrrole nitrogens is 1. The molecule has 0 saturated carbocycles. The van der Waals surface area contributed by atoms with Crippen LogP contribution >= 0.6 is 11.6 Å². The normalized spacial score (nSPS) is 10.1. The Hall–Kier alpha value is -2.39. The van der Waals surface area contributed by atoms with Crippen molar-refractivity contribution >= 4 is 23.2 Å². The number of benzene rings is 1. The molecule has 0 spiro atoms. The predicted octanol–water partition coefficient (Wildman–Crippen LogP) is 2.53. The number of nitriles is 1. The van der Waals surface area contributed by atoms with Gasteiger partial charge in [0.05, 0.1) is 10.6 Å². The maximum Gasteiger partial charge on any atom is 0.295 e. The Morgan fingerprint density at radius 2 is 2.35 bits per heavy atom. The summed E-state index contributed by atoms with van der Waals surface area (Å²) in [4.78, 5) is 16.0. The largest absolute Gasteiger partial charge is 0.319 e. The molecule has 1 heterocycles. The molecule has 0 aliphatic heterocycles. The first kappa shape index (κ1) is 14.0. The van der Waals surface area contributed by atoms with E-state index in [4.69, 9.17) is 16.9 Å². The number of hydrogen-bond acceptors (Lipinski definition) is 4. The molecule has 20 heavy (non-hydrogen) atoms. The average molecular weight is 290 g/mol. The van der Waals surface area contributed by atoms with Crippen LogP contribution in [0.2, 0.25) is 5.02 Å². The van der Waals surface area contributed by atoms with Crippen molar-refractivity contribution in [2.45, 2.75) is 19.8 Å². The predicted molar refractivity (Wildman–Crippen MR) is 74.5 cm³/mol. The second-order valence-electron chi connectivity index (χ2n) is 4.12. The lowest BCUT2D eigenvalue weighted by Crippen LogP contribution is -2.13. The molecule has 6 nitrogen and oxygen atoms in total. The van der Waals surface area contributed by atoms with E-state index in [9.17, 15) is 4.79 Å². The molecule has 1 amide bonds. The van der Waals surface area contributed by atoms with Crippen molar-refractivity contribution in [1.29, 1.82) is 5.26 Å². The number of hydrogen-bond donors (Lipinski definition) is 2. The third-order valence-electron chi connectivity index (χ3n) is 2.57. The Morgan fingerprint density at radius 3 is 3.00 bits per heavy atom. The van der Waals surface area contributed by atoms with Crippen LogP contribution in [-0.4, -0.2) is 21.1 Å². The van der Waals surface area contributed by atoms with Gasteiger partial charge in [0.15, 0.2) is 0 Å². The molecule has 0 unspecified atom stereocenters. The molecule has 0 radical (unpaired) electrons. The molecular formula is C13H12ClN5O. The molecule has 2 rings (SSSR count). The highest BCUT2D eigenvalue weighted by Crippen LogP contribution is 2.20. The number of anilines is 1. The molecule has 0 aliphatic rings. The lowest BCUT2D eigenvalue weighted by Gasteiger charge is -2.03. The summed E-state index contributed by atoms with van der Waals surface area (Å²) >= 11 is 5.89. The number of nitrogens with zero attached hydrogens (tertiary/aromatic N) is 3. The fourth-order valence-electron chi connectivity index (χ4n) is 1.62. The Labute approximate surface area is 120 Å². The highest BCUT2D eigenvalue weighted by Gasteiger charge is 2.13. The zero-order valence-corrected chi connectivity index (χ0v) is 11.5. The first-order chi connectivity index (χ1) is 9.63. The van der Waals surface area contributed by atoms with E-state index in [1.165, 1.54) is 6.07 Å². The fraction of sp³-hybridized carbons (Fsp3) is 0.231. The van der Waals surface area contributed by atoms with Gasteiger partial charge in [-0.15, -0.1) is 5.10 Å². The minimum atomic E-state index is -0.427. The van der Waals surface area contributed by atoms with Gasteiger partial charge >= 0.3 is 0 Å². The van der Waals surface area contributed by atoms with Crippen LogP contribution in [0.25, 0.3) is 0 Å². The third kappa shape index (κ3) is 3.13. The number of carbonyl (C=O) groups excluding carboxylic acids is 1.